The second kappa shape index (κ2) is 4.55. The smallest absolute Gasteiger partial charge is 0.353 e. The van der Waals surface area contributed by atoms with E-state index in [1.165, 1.54) is 7.11 Å². The van der Waals surface area contributed by atoms with Crippen molar-refractivity contribution < 1.29 is 14.1 Å². The standard InChI is InChI=1S/C9H10FNO3/c1-14-8-4-2-7(3-5-8)6-9(10)11(12)13/h2-5,9H,6H2,1H3/t9-/m1/s1. The SMILES string of the molecule is COc1ccc(C[C@H](F)[N+](=O)[O-])cc1. The Balaban J connectivity index is 2.64. The molecular weight excluding hydrogens is 189 g/mol. The molecule has 0 fully saturated rings. The fraction of sp³-hybridized carbons (Fsp3) is 0.333. The first-order chi connectivity index (χ1) is 6.63. The van der Waals surface area contributed by atoms with E-state index in [1.54, 1.807) is 24.3 Å². The number of nitrogens with zero attached hydrogens (tertiary/aromatic N) is 1. The number of nitro groups is 1. The van der Waals surface area contributed by atoms with Crippen LogP contribution in [0.3, 0.4) is 0 Å². The molecule has 76 valence electrons. The van der Waals surface area contributed by atoms with Gasteiger partial charge in [-0.15, -0.1) is 0 Å². The number of alkyl halides is 1. The predicted octanol–water partition coefficient (Wildman–Crippen LogP) is 1.81. The fourth-order valence-electron chi connectivity index (χ4n) is 1.03. The van der Waals surface area contributed by atoms with Crippen LogP contribution in [-0.2, 0) is 6.42 Å². The summed E-state index contributed by atoms with van der Waals surface area (Å²) in [5.74, 6) is 0.644. The maximum absolute atomic E-state index is 12.7. The Morgan fingerprint density at radius 3 is 2.50 bits per heavy atom. The highest BCUT2D eigenvalue weighted by Crippen LogP contribution is 2.13. The van der Waals surface area contributed by atoms with E-state index in [9.17, 15) is 14.5 Å². The summed E-state index contributed by atoms with van der Waals surface area (Å²) in [6, 6.07) is 6.49. The van der Waals surface area contributed by atoms with Gasteiger partial charge in [-0.25, -0.2) is 0 Å². The highest BCUT2D eigenvalue weighted by Gasteiger charge is 2.17. The average molecular weight is 199 g/mol. The highest BCUT2D eigenvalue weighted by atomic mass is 19.1. The molecule has 4 nitrogen and oxygen atoms in total. The topological polar surface area (TPSA) is 52.4 Å². The third-order valence-electron chi connectivity index (χ3n) is 1.79. The second-order valence-corrected chi connectivity index (χ2v) is 2.77. The summed E-state index contributed by atoms with van der Waals surface area (Å²) in [5.41, 5.74) is 0.579. The zero-order valence-corrected chi connectivity index (χ0v) is 7.64. The maximum atomic E-state index is 12.7. The summed E-state index contributed by atoms with van der Waals surface area (Å²) in [4.78, 5) is 9.09. The molecule has 0 aliphatic heterocycles. The van der Waals surface area contributed by atoms with E-state index in [1.807, 2.05) is 0 Å². The van der Waals surface area contributed by atoms with Crippen molar-refractivity contribution in [3.63, 3.8) is 0 Å². The van der Waals surface area contributed by atoms with Crippen molar-refractivity contribution in [2.45, 2.75) is 12.7 Å². The molecule has 0 radical (unpaired) electrons. The molecule has 1 rings (SSSR count). The molecule has 5 heteroatoms. The first-order valence-corrected chi connectivity index (χ1v) is 4.04. The minimum atomic E-state index is -2.04. The molecule has 0 spiro atoms. The van der Waals surface area contributed by atoms with Gasteiger partial charge in [-0.1, -0.05) is 12.1 Å². The normalized spacial score (nSPS) is 12.1. The van der Waals surface area contributed by atoms with Crippen LogP contribution in [0, 0.1) is 10.1 Å². The molecule has 0 heterocycles. The Labute approximate surface area is 80.5 Å². The molecule has 0 N–H and O–H groups in total. The molecule has 0 saturated heterocycles. The van der Waals surface area contributed by atoms with Crippen LogP contribution in [0.2, 0.25) is 0 Å². The number of benzene rings is 1. The van der Waals surface area contributed by atoms with E-state index >= 15 is 0 Å². The Morgan fingerprint density at radius 2 is 2.07 bits per heavy atom. The van der Waals surface area contributed by atoms with E-state index in [4.69, 9.17) is 4.74 Å². The lowest BCUT2D eigenvalue weighted by atomic mass is 10.1. The van der Waals surface area contributed by atoms with Gasteiger partial charge in [0.25, 0.3) is 0 Å². The molecule has 0 bridgehead atoms. The van der Waals surface area contributed by atoms with Crippen LogP contribution in [0.15, 0.2) is 24.3 Å². The molecule has 0 aromatic heterocycles. The van der Waals surface area contributed by atoms with E-state index in [-0.39, 0.29) is 6.42 Å². The lowest BCUT2D eigenvalue weighted by Gasteiger charge is -2.02. The van der Waals surface area contributed by atoms with Gasteiger partial charge in [0.1, 0.15) is 5.75 Å². The van der Waals surface area contributed by atoms with Gasteiger partial charge in [0.15, 0.2) is 0 Å². The van der Waals surface area contributed by atoms with Gasteiger partial charge in [0.05, 0.1) is 18.5 Å². The first-order valence-electron chi connectivity index (χ1n) is 4.04. The minimum Gasteiger partial charge on any atom is -0.497 e. The van der Waals surface area contributed by atoms with E-state index in [0.717, 1.165) is 0 Å². The van der Waals surface area contributed by atoms with Crippen molar-refractivity contribution in [2.24, 2.45) is 0 Å². The lowest BCUT2D eigenvalue weighted by molar-refractivity contribution is -0.552. The quantitative estimate of drug-likeness (QED) is 0.422. The highest BCUT2D eigenvalue weighted by molar-refractivity contribution is 5.27. The number of halogens is 1. The summed E-state index contributed by atoms with van der Waals surface area (Å²) in [6.45, 7) is 0. The van der Waals surface area contributed by atoms with Crippen molar-refractivity contribution in [3.8, 4) is 5.75 Å². The zero-order valence-electron chi connectivity index (χ0n) is 7.64. The lowest BCUT2D eigenvalue weighted by Crippen LogP contribution is -2.15. The molecule has 1 atom stereocenters. The summed E-state index contributed by atoms with van der Waals surface area (Å²) in [6.07, 6.45) is -2.25. The van der Waals surface area contributed by atoms with Crippen LogP contribution in [0.5, 0.6) is 5.75 Å². The van der Waals surface area contributed by atoms with Crippen molar-refractivity contribution in [1.29, 1.82) is 0 Å². The van der Waals surface area contributed by atoms with Gasteiger partial charge in [0, 0.05) is 0 Å². The molecule has 14 heavy (non-hydrogen) atoms. The third kappa shape index (κ3) is 2.69. The Morgan fingerprint density at radius 1 is 1.50 bits per heavy atom. The van der Waals surface area contributed by atoms with Crippen LogP contribution < -0.4 is 4.74 Å². The molecule has 0 saturated carbocycles. The van der Waals surface area contributed by atoms with Crippen molar-refractivity contribution in [3.05, 3.63) is 39.9 Å². The van der Waals surface area contributed by atoms with Gasteiger partial charge in [-0.2, -0.15) is 4.39 Å². The van der Waals surface area contributed by atoms with E-state index in [2.05, 4.69) is 0 Å². The number of methoxy groups -OCH3 is 1. The Kier molecular flexibility index (Phi) is 3.39. The molecular formula is C9H10FNO3. The van der Waals surface area contributed by atoms with Crippen LogP contribution in [-0.4, -0.2) is 18.3 Å². The molecule has 0 aliphatic carbocycles. The number of hydrogen-bond acceptors (Lipinski definition) is 3. The van der Waals surface area contributed by atoms with E-state index in [0.29, 0.717) is 11.3 Å². The van der Waals surface area contributed by atoms with Crippen molar-refractivity contribution in [1.82, 2.24) is 0 Å². The molecule has 0 unspecified atom stereocenters. The van der Waals surface area contributed by atoms with Gasteiger partial charge >= 0.3 is 6.30 Å². The maximum Gasteiger partial charge on any atom is 0.353 e. The summed E-state index contributed by atoms with van der Waals surface area (Å²) in [7, 11) is 1.52. The third-order valence-corrected chi connectivity index (χ3v) is 1.79. The van der Waals surface area contributed by atoms with Crippen molar-refractivity contribution in [2.75, 3.05) is 7.11 Å². The van der Waals surface area contributed by atoms with Crippen LogP contribution in [0.25, 0.3) is 0 Å². The Bertz CT molecular complexity index is 312. The second-order valence-electron chi connectivity index (χ2n) is 2.77. The monoisotopic (exact) mass is 199 g/mol. The van der Waals surface area contributed by atoms with Gasteiger partial charge in [-0.05, 0) is 17.7 Å². The molecule has 0 aliphatic rings. The predicted molar refractivity (Wildman–Crippen MR) is 48.6 cm³/mol. The summed E-state index contributed by atoms with van der Waals surface area (Å²) < 4.78 is 17.6. The van der Waals surface area contributed by atoms with Gasteiger partial charge < -0.3 is 4.74 Å². The minimum absolute atomic E-state index is 0.211. The summed E-state index contributed by atoms with van der Waals surface area (Å²) in [5, 5.41) is 10.0. The molecule has 1 aromatic carbocycles. The fourth-order valence-corrected chi connectivity index (χ4v) is 1.03. The number of ether oxygens (including phenoxy) is 1. The van der Waals surface area contributed by atoms with Crippen molar-refractivity contribution >= 4 is 0 Å². The zero-order chi connectivity index (χ0) is 10.6. The number of hydrogen-bond donors (Lipinski definition) is 0. The first kappa shape index (κ1) is 10.4. The largest absolute Gasteiger partial charge is 0.497 e. The average Bonchev–Trinajstić information content (AvgIpc) is 2.19. The van der Waals surface area contributed by atoms with Crippen LogP contribution in [0.4, 0.5) is 4.39 Å². The van der Waals surface area contributed by atoms with Gasteiger partial charge in [0.2, 0.25) is 0 Å². The van der Waals surface area contributed by atoms with Gasteiger partial charge in [-0.3, -0.25) is 10.1 Å². The Hall–Kier alpha value is -1.65. The number of rotatable bonds is 4. The van der Waals surface area contributed by atoms with E-state index < -0.39 is 11.2 Å². The summed E-state index contributed by atoms with van der Waals surface area (Å²) >= 11 is 0. The molecule has 0 amide bonds. The van der Waals surface area contributed by atoms with Crippen LogP contribution >= 0.6 is 0 Å². The van der Waals surface area contributed by atoms with Crippen LogP contribution in [0.1, 0.15) is 5.56 Å². The molecule has 1 aromatic rings.